The summed E-state index contributed by atoms with van der Waals surface area (Å²) < 4.78 is 5.40. The molecule has 0 amide bonds. The van der Waals surface area contributed by atoms with E-state index in [1.54, 1.807) is 7.05 Å². The molecule has 1 aromatic carbocycles. The number of hydrogen-bond donors (Lipinski definition) is 1. The van der Waals surface area contributed by atoms with Crippen molar-refractivity contribution in [2.24, 2.45) is 0 Å². The molecule has 0 spiro atoms. The first-order chi connectivity index (χ1) is 9.55. The van der Waals surface area contributed by atoms with Crippen LogP contribution in [0.5, 0.6) is 6.01 Å². The van der Waals surface area contributed by atoms with Gasteiger partial charge in [-0.2, -0.15) is 15.0 Å². The molecule has 1 heterocycles. The van der Waals surface area contributed by atoms with Crippen molar-refractivity contribution in [3.8, 4) is 17.4 Å². The van der Waals surface area contributed by atoms with Crippen molar-refractivity contribution in [3.63, 3.8) is 0 Å². The third-order valence-electron chi connectivity index (χ3n) is 3.19. The Morgan fingerprint density at radius 3 is 2.35 bits per heavy atom. The predicted molar refractivity (Wildman–Crippen MR) is 80.2 cm³/mol. The Kier molecular flexibility index (Phi) is 4.17. The van der Waals surface area contributed by atoms with Gasteiger partial charge in [-0.05, 0) is 50.5 Å². The van der Waals surface area contributed by atoms with E-state index in [9.17, 15) is 0 Å². The molecule has 0 aliphatic carbocycles. The molecule has 0 atom stereocenters. The Morgan fingerprint density at radius 2 is 1.70 bits per heavy atom. The quantitative estimate of drug-likeness (QED) is 0.927. The van der Waals surface area contributed by atoms with Crippen molar-refractivity contribution in [2.75, 3.05) is 19.0 Å². The molecule has 0 unspecified atom stereocenters. The minimum Gasteiger partial charge on any atom is -0.464 e. The summed E-state index contributed by atoms with van der Waals surface area (Å²) in [5.74, 6) is 1.14. The average Bonchev–Trinajstić information content (AvgIpc) is 2.42. The Balaban J connectivity index is 2.56. The monoisotopic (exact) mass is 272 g/mol. The molecule has 0 saturated carbocycles. The van der Waals surface area contributed by atoms with Gasteiger partial charge in [0.05, 0.1) is 6.61 Å². The summed E-state index contributed by atoms with van der Waals surface area (Å²) >= 11 is 0. The normalized spacial score (nSPS) is 10.4. The predicted octanol–water partition coefficient (Wildman–Crippen LogP) is 2.90. The summed E-state index contributed by atoms with van der Waals surface area (Å²) in [6, 6.07) is 4.60. The molecule has 2 rings (SSSR count). The minimum absolute atomic E-state index is 0.347. The molecule has 0 saturated heterocycles. The maximum atomic E-state index is 5.40. The minimum atomic E-state index is 0.347. The number of nitrogens with zero attached hydrogens (tertiary/aromatic N) is 3. The molecule has 1 aromatic heterocycles. The molecule has 0 bridgehead atoms. The zero-order valence-corrected chi connectivity index (χ0v) is 12.6. The SMILES string of the molecule is CCOc1nc(NC)nc(-c2cc(C)c(C)cc2C)n1. The summed E-state index contributed by atoms with van der Waals surface area (Å²) in [6.45, 7) is 8.68. The third kappa shape index (κ3) is 2.87. The standard InChI is InChI=1S/C15H20N4O/c1-6-20-15-18-13(17-14(16-5)19-15)12-8-10(3)9(2)7-11(12)4/h7-8H,6H2,1-5H3,(H,16,17,18,19). The van der Waals surface area contributed by atoms with Gasteiger partial charge in [-0.3, -0.25) is 0 Å². The van der Waals surface area contributed by atoms with E-state index in [1.807, 2.05) is 6.92 Å². The Morgan fingerprint density at radius 1 is 1.00 bits per heavy atom. The fraction of sp³-hybridized carbons (Fsp3) is 0.400. The zero-order chi connectivity index (χ0) is 14.7. The van der Waals surface area contributed by atoms with Crippen molar-refractivity contribution in [2.45, 2.75) is 27.7 Å². The maximum Gasteiger partial charge on any atom is 0.321 e. The van der Waals surface area contributed by atoms with Gasteiger partial charge in [-0.15, -0.1) is 0 Å². The number of ether oxygens (including phenoxy) is 1. The van der Waals surface area contributed by atoms with Crippen LogP contribution in [0.4, 0.5) is 5.95 Å². The summed E-state index contributed by atoms with van der Waals surface area (Å²) in [6.07, 6.45) is 0. The van der Waals surface area contributed by atoms with Gasteiger partial charge in [0.1, 0.15) is 0 Å². The zero-order valence-electron chi connectivity index (χ0n) is 12.6. The lowest BCUT2D eigenvalue weighted by Crippen LogP contribution is -2.05. The van der Waals surface area contributed by atoms with Crippen LogP contribution < -0.4 is 10.1 Å². The van der Waals surface area contributed by atoms with E-state index >= 15 is 0 Å². The molecule has 0 radical (unpaired) electrons. The highest BCUT2D eigenvalue weighted by Crippen LogP contribution is 2.25. The molecule has 106 valence electrons. The van der Waals surface area contributed by atoms with Crippen LogP contribution in [0.3, 0.4) is 0 Å². The second-order valence-corrected chi connectivity index (χ2v) is 4.70. The fourth-order valence-electron chi connectivity index (χ4n) is 1.98. The van der Waals surface area contributed by atoms with Crippen molar-refractivity contribution >= 4 is 5.95 Å². The first kappa shape index (κ1) is 14.2. The van der Waals surface area contributed by atoms with Crippen molar-refractivity contribution in [1.29, 1.82) is 0 Å². The average molecular weight is 272 g/mol. The lowest BCUT2D eigenvalue weighted by atomic mass is 10.0. The van der Waals surface area contributed by atoms with E-state index in [2.05, 4.69) is 53.2 Å². The van der Waals surface area contributed by atoms with Gasteiger partial charge in [0, 0.05) is 12.6 Å². The molecule has 1 N–H and O–H groups in total. The number of aryl methyl sites for hydroxylation is 3. The second kappa shape index (κ2) is 5.86. The van der Waals surface area contributed by atoms with E-state index in [4.69, 9.17) is 4.74 Å². The first-order valence-electron chi connectivity index (χ1n) is 6.70. The summed E-state index contributed by atoms with van der Waals surface area (Å²) in [7, 11) is 1.78. The topological polar surface area (TPSA) is 59.9 Å². The van der Waals surface area contributed by atoms with Crippen molar-refractivity contribution < 1.29 is 4.74 Å². The van der Waals surface area contributed by atoms with Gasteiger partial charge in [-0.25, -0.2) is 0 Å². The molecule has 5 nitrogen and oxygen atoms in total. The van der Waals surface area contributed by atoms with Crippen molar-refractivity contribution in [3.05, 3.63) is 28.8 Å². The second-order valence-electron chi connectivity index (χ2n) is 4.70. The number of hydrogen-bond acceptors (Lipinski definition) is 5. The third-order valence-corrected chi connectivity index (χ3v) is 3.19. The molecule has 0 aliphatic rings. The van der Waals surface area contributed by atoms with Crippen LogP contribution in [-0.4, -0.2) is 28.6 Å². The largest absolute Gasteiger partial charge is 0.464 e. The highest BCUT2D eigenvalue weighted by molar-refractivity contribution is 5.63. The van der Waals surface area contributed by atoms with E-state index in [-0.39, 0.29) is 0 Å². The lowest BCUT2D eigenvalue weighted by Gasteiger charge is -2.11. The van der Waals surface area contributed by atoms with Crippen LogP contribution in [-0.2, 0) is 0 Å². The van der Waals surface area contributed by atoms with Crippen LogP contribution in [0.2, 0.25) is 0 Å². The summed E-state index contributed by atoms with van der Waals surface area (Å²) in [5, 5.41) is 2.94. The van der Waals surface area contributed by atoms with Crippen LogP contribution in [0.15, 0.2) is 12.1 Å². The van der Waals surface area contributed by atoms with E-state index in [0.29, 0.717) is 24.4 Å². The number of benzene rings is 1. The Labute approximate surface area is 119 Å². The van der Waals surface area contributed by atoms with Gasteiger partial charge in [0.25, 0.3) is 0 Å². The Bertz CT molecular complexity index is 626. The lowest BCUT2D eigenvalue weighted by molar-refractivity contribution is 0.312. The molecule has 20 heavy (non-hydrogen) atoms. The highest BCUT2D eigenvalue weighted by Gasteiger charge is 2.12. The van der Waals surface area contributed by atoms with Gasteiger partial charge in [0.2, 0.25) is 5.95 Å². The molecule has 5 heteroatoms. The van der Waals surface area contributed by atoms with Crippen LogP contribution in [0, 0.1) is 20.8 Å². The number of rotatable bonds is 4. The molecule has 0 fully saturated rings. The highest BCUT2D eigenvalue weighted by atomic mass is 16.5. The molecular formula is C15H20N4O. The molecule has 0 aliphatic heterocycles. The van der Waals surface area contributed by atoms with Gasteiger partial charge >= 0.3 is 6.01 Å². The van der Waals surface area contributed by atoms with E-state index in [0.717, 1.165) is 11.1 Å². The number of nitrogens with one attached hydrogen (secondary N) is 1. The van der Waals surface area contributed by atoms with Crippen LogP contribution in [0.1, 0.15) is 23.6 Å². The summed E-state index contributed by atoms with van der Waals surface area (Å²) in [5.41, 5.74) is 4.63. The Hall–Kier alpha value is -2.17. The van der Waals surface area contributed by atoms with Crippen LogP contribution in [0.25, 0.3) is 11.4 Å². The van der Waals surface area contributed by atoms with Crippen molar-refractivity contribution in [1.82, 2.24) is 15.0 Å². The van der Waals surface area contributed by atoms with Gasteiger partial charge < -0.3 is 10.1 Å². The molecule has 2 aromatic rings. The van der Waals surface area contributed by atoms with Gasteiger partial charge in [0.15, 0.2) is 5.82 Å². The first-order valence-corrected chi connectivity index (χ1v) is 6.70. The van der Waals surface area contributed by atoms with E-state index in [1.165, 1.54) is 11.1 Å². The van der Waals surface area contributed by atoms with Crippen LogP contribution >= 0.6 is 0 Å². The van der Waals surface area contributed by atoms with E-state index < -0.39 is 0 Å². The smallest absolute Gasteiger partial charge is 0.321 e. The summed E-state index contributed by atoms with van der Waals surface area (Å²) in [4.78, 5) is 13.0. The fourth-order valence-corrected chi connectivity index (χ4v) is 1.98. The maximum absolute atomic E-state index is 5.40. The number of anilines is 1. The number of aromatic nitrogens is 3. The van der Waals surface area contributed by atoms with Gasteiger partial charge in [-0.1, -0.05) is 6.07 Å². The molecular weight excluding hydrogens is 252 g/mol.